The summed E-state index contributed by atoms with van der Waals surface area (Å²) < 4.78 is 0. The molecule has 2 N–H and O–H groups in total. The van der Waals surface area contributed by atoms with Gasteiger partial charge in [-0.2, -0.15) is 0 Å². The molecule has 1 amide bonds. The highest BCUT2D eigenvalue weighted by atomic mass is 16.2. The second-order valence-electron chi connectivity index (χ2n) is 5.97. The van der Waals surface area contributed by atoms with E-state index in [1.807, 2.05) is 35.2 Å². The van der Waals surface area contributed by atoms with Crippen molar-refractivity contribution in [2.75, 3.05) is 13.1 Å². The standard InChI is InChI=1S/C16H24N2O/c1-12-8-13(2)11-18(10-12)16(19)9-15(17)14-6-4-3-5-7-14/h3-7,12-13,15H,8-11,17H2,1-2H3. The number of likely N-dealkylation sites (tertiary alicyclic amines) is 1. The molecule has 3 nitrogen and oxygen atoms in total. The Morgan fingerprint density at radius 1 is 1.26 bits per heavy atom. The molecule has 1 aromatic rings. The quantitative estimate of drug-likeness (QED) is 0.908. The van der Waals surface area contributed by atoms with Gasteiger partial charge in [0.05, 0.1) is 0 Å². The van der Waals surface area contributed by atoms with Gasteiger partial charge in [-0.15, -0.1) is 0 Å². The predicted molar refractivity (Wildman–Crippen MR) is 77.5 cm³/mol. The van der Waals surface area contributed by atoms with Crippen LogP contribution in [0.2, 0.25) is 0 Å². The Morgan fingerprint density at radius 3 is 2.42 bits per heavy atom. The van der Waals surface area contributed by atoms with Gasteiger partial charge in [0.25, 0.3) is 0 Å². The summed E-state index contributed by atoms with van der Waals surface area (Å²) in [6.45, 7) is 6.19. The third-order valence-corrected chi connectivity index (χ3v) is 3.84. The largest absolute Gasteiger partial charge is 0.342 e. The van der Waals surface area contributed by atoms with Crippen molar-refractivity contribution in [2.45, 2.75) is 32.7 Å². The maximum absolute atomic E-state index is 12.3. The molecular formula is C16H24N2O. The molecule has 0 spiro atoms. The van der Waals surface area contributed by atoms with E-state index in [1.165, 1.54) is 6.42 Å². The molecule has 1 aliphatic rings. The van der Waals surface area contributed by atoms with Crippen molar-refractivity contribution in [1.82, 2.24) is 4.90 Å². The molecule has 3 atom stereocenters. The first-order valence-electron chi connectivity index (χ1n) is 7.14. The summed E-state index contributed by atoms with van der Waals surface area (Å²) in [5.74, 6) is 1.39. The van der Waals surface area contributed by atoms with E-state index in [1.54, 1.807) is 0 Å². The highest BCUT2D eigenvalue weighted by Crippen LogP contribution is 2.23. The number of hydrogen-bond donors (Lipinski definition) is 1. The molecule has 3 unspecified atom stereocenters. The zero-order valence-electron chi connectivity index (χ0n) is 11.9. The first-order chi connectivity index (χ1) is 9.06. The van der Waals surface area contributed by atoms with E-state index >= 15 is 0 Å². The second kappa shape index (κ2) is 6.20. The normalized spacial score (nSPS) is 25.1. The average Bonchev–Trinajstić information content (AvgIpc) is 2.38. The lowest BCUT2D eigenvalue weighted by molar-refractivity contribution is -0.134. The van der Waals surface area contributed by atoms with Crippen LogP contribution >= 0.6 is 0 Å². The van der Waals surface area contributed by atoms with Crippen LogP contribution in [0.25, 0.3) is 0 Å². The zero-order valence-corrected chi connectivity index (χ0v) is 11.9. The van der Waals surface area contributed by atoms with Crippen LogP contribution in [0.15, 0.2) is 30.3 Å². The summed E-state index contributed by atoms with van der Waals surface area (Å²) in [6, 6.07) is 9.67. The molecule has 1 aromatic carbocycles. The molecular weight excluding hydrogens is 236 g/mol. The summed E-state index contributed by atoms with van der Waals surface area (Å²) in [4.78, 5) is 14.3. The van der Waals surface area contributed by atoms with Crippen LogP contribution in [0, 0.1) is 11.8 Å². The Hall–Kier alpha value is -1.35. The van der Waals surface area contributed by atoms with Crippen LogP contribution in [-0.4, -0.2) is 23.9 Å². The molecule has 3 heteroatoms. The first kappa shape index (κ1) is 14.1. The van der Waals surface area contributed by atoms with Gasteiger partial charge in [0.2, 0.25) is 5.91 Å². The fourth-order valence-corrected chi connectivity index (χ4v) is 3.00. The smallest absolute Gasteiger partial charge is 0.224 e. The van der Waals surface area contributed by atoms with E-state index in [4.69, 9.17) is 5.73 Å². The Balaban J connectivity index is 1.93. The van der Waals surface area contributed by atoms with Crippen molar-refractivity contribution in [3.05, 3.63) is 35.9 Å². The molecule has 0 aliphatic carbocycles. The van der Waals surface area contributed by atoms with Gasteiger partial charge in [0, 0.05) is 25.6 Å². The number of benzene rings is 1. The lowest BCUT2D eigenvalue weighted by atomic mass is 9.91. The molecule has 0 aromatic heterocycles. The SMILES string of the molecule is CC1CC(C)CN(C(=O)CC(N)c2ccccc2)C1. The van der Waals surface area contributed by atoms with Crippen molar-refractivity contribution in [3.63, 3.8) is 0 Å². The third-order valence-electron chi connectivity index (χ3n) is 3.84. The van der Waals surface area contributed by atoms with Gasteiger partial charge in [0.15, 0.2) is 0 Å². The lowest BCUT2D eigenvalue weighted by Crippen LogP contribution is -2.43. The van der Waals surface area contributed by atoms with E-state index in [-0.39, 0.29) is 11.9 Å². The third kappa shape index (κ3) is 3.80. The maximum Gasteiger partial charge on any atom is 0.224 e. The molecule has 1 fully saturated rings. The van der Waals surface area contributed by atoms with Crippen LogP contribution < -0.4 is 5.73 Å². The van der Waals surface area contributed by atoms with Crippen molar-refractivity contribution in [3.8, 4) is 0 Å². The number of nitrogens with two attached hydrogens (primary N) is 1. The zero-order chi connectivity index (χ0) is 13.8. The Kier molecular flexibility index (Phi) is 4.59. The minimum atomic E-state index is -0.193. The molecule has 1 saturated heterocycles. The van der Waals surface area contributed by atoms with Gasteiger partial charge >= 0.3 is 0 Å². The van der Waals surface area contributed by atoms with E-state index in [0.717, 1.165) is 18.7 Å². The fraction of sp³-hybridized carbons (Fsp3) is 0.562. The van der Waals surface area contributed by atoms with Crippen LogP contribution in [0.1, 0.15) is 38.3 Å². The number of rotatable bonds is 3. The summed E-state index contributed by atoms with van der Waals surface area (Å²) in [5, 5.41) is 0. The van der Waals surface area contributed by atoms with E-state index < -0.39 is 0 Å². The summed E-state index contributed by atoms with van der Waals surface area (Å²) in [7, 11) is 0. The van der Waals surface area contributed by atoms with Crippen LogP contribution in [0.5, 0.6) is 0 Å². The van der Waals surface area contributed by atoms with E-state index in [9.17, 15) is 4.79 Å². The molecule has 0 radical (unpaired) electrons. The van der Waals surface area contributed by atoms with Crippen LogP contribution in [0.3, 0.4) is 0 Å². The average molecular weight is 260 g/mol. The number of carbonyl (C=O) groups is 1. The molecule has 1 heterocycles. The van der Waals surface area contributed by atoms with Gasteiger partial charge in [-0.1, -0.05) is 44.2 Å². The molecule has 0 bridgehead atoms. The van der Waals surface area contributed by atoms with Crippen molar-refractivity contribution in [1.29, 1.82) is 0 Å². The van der Waals surface area contributed by atoms with E-state index in [0.29, 0.717) is 18.3 Å². The minimum Gasteiger partial charge on any atom is -0.342 e. The Labute approximate surface area is 115 Å². The number of carbonyl (C=O) groups excluding carboxylic acids is 1. The Bertz CT molecular complexity index is 408. The van der Waals surface area contributed by atoms with Gasteiger partial charge in [-0.3, -0.25) is 4.79 Å². The maximum atomic E-state index is 12.3. The van der Waals surface area contributed by atoms with Crippen LogP contribution in [0.4, 0.5) is 0 Å². The summed E-state index contributed by atoms with van der Waals surface area (Å²) in [5.41, 5.74) is 7.16. The number of hydrogen-bond acceptors (Lipinski definition) is 2. The van der Waals surface area contributed by atoms with Gasteiger partial charge in [-0.05, 0) is 23.8 Å². The number of amides is 1. The lowest BCUT2D eigenvalue weighted by Gasteiger charge is -2.35. The molecule has 1 aliphatic heterocycles. The van der Waals surface area contributed by atoms with Crippen LogP contribution in [-0.2, 0) is 4.79 Å². The van der Waals surface area contributed by atoms with Gasteiger partial charge in [-0.25, -0.2) is 0 Å². The van der Waals surface area contributed by atoms with Gasteiger partial charge < -0.3 is 10.6 Å². The van der Waals surface area contributed by atoms with Crippen molar-refractivity contribution < 1.29 is 4.79 Å². The fourth-order valence-electron chi connectivity index (χ4n) is 3.00. The molecule has 2 rings (SSSR count). The Morgan fingerprint density at radius 2 is 1.84 bits per heavy atom. The molecule has 104 valence electrons. The summed E-state index contributed by atoms with van der Waals surface area (Å²) >= 11 is 0. The predicted octanol–water partition coefficient (Wildman–Crippen LogP) is 2.58. The highest BCUT2D eigenvalue weighted by molar-refractivity contribution is 5.77. The second-order valence-corrected chi connectivity index (χ2v) is 5.97. The van der Waals surface area contributed by atoms with E-state index in [2.05, 4.69) is 13.8 Å². The minimum absolute atomic E-state index is 0.190. The highest BCUT2D eigenvalue weighted by Gasteiger charge is 2.26. The first-order valence-corrected chi connectivity index (χ1v) is 7.14. The topological polar surface area (TPSA) is 46.3 Å². The van der Waals surface area contributed by atoms with Crippen molar-refractivity contribution >= 4 is 5.91 Å². The number of piperidine rings is 1. The summed E-state index contributed by atoms with van der Waals surface area (Å²) in [6.07, 6.45) is 1.62. The van der Waals surface area contributed by atoms with Gasteiger partial charge in [0.1, 0.15) is 0 Å². The monoisotopic (exact) mass is 260 g/mol. The number of nitrogens with zero attached hydrogens (tertiary/aromatic N) is 1. The molecule has 0 saturated carbocycles. The van der Waals surface area contributed by atoms with Crippen molar-refractivity contribution in [2.24, 2.45) is 17.6 Å². The molecule has 19 heavy (non-hydrogen) atoms.